The molecule has 2 nitrogen and oxygen atoms in total. The van der Waals surface area contributed by atoms with Gasteiger partial charge < -0.3 is 4.90 Å². The van der Waals surface area contributed by atoms with Gasteiger partial charge in [0.2, 0.25) is 0 Å². The predicted molar refractivity (Wildman–Crippen MR) is 74.5 cm³/mol. The summed E-state index contributed by atoms with van der Waals surface area (Å²) in [5.41, 5.74) is 2.25. The fourth-order valence-corrected chi connectivity index (χ4v) is 4.55. The third-order valence-corrected chi connectivity index (χ3v) is 5.14. The molecule has 2 aliphatic heterocycles. The maximum atomic E-state index is 6.42. The number of fused-ring (bicyclic) bond motifs is 6. The van der Waals surface area contributed by atoms with E-state index in [1.165, 1.54) is 30.7 Å². The van der Waals surface area contributed by atoms with Crippen LogP contribution in [0.5, 0.6) is 0 Å². The standard InChI is InChI=1S/C15H17ClN2/c1-15(2)13-11(16)4-3-5-12(13)17-14-9-6-7-10(8-9)18(14)15/h3-5,9-10H,6-8H2,1-2H3. The van der Waals surface area contributed by atoms with Gasteiger partial charge in [0.05, 0.1) is 11.2 Å². The minimum absolute atomic E-state index is 0.0232. The van der Waals surface area contributed by atoms with E-state index in [4.69, 9.17) is 16.6 Å². The van der Waals surface area contributed by atoms with Gasteiger partial charge in [-0.15, -0.1) is 0 Å². The van der Waals surface area contributed by atoms with Crippen LogP contribution in [0.4, 0.5) is 5.69 Å². The third kappa shape index (κ3) is 1.17. The van der Waals surface area contributed by atoms with E-state index in [1.807, 2.05) is 12.1 Å². The number of hydrogen-bond acceptors (Lipinski definition) is 2. The molecule has 1 aromatic carbocycles. The second-order valence-corrected chi connectivity index (χ2v) is 6.60. The number of halogens is 1. The molecule has 1 aromatic rings. The molecule has 1 saturated carbocycles. The van der Waals surface area contributed by atoms with E-state index in [0.29, 0.717) is 12.0 Å². The van der Waals surface area contributed by atoms with E-state index in [0.717, 1.165) is 10.7 Å². The van der Waals surface area contributed by atoms with Crippen LogP contribution in [-0.2, 0) is 5.54 Å². The van der Waals surface area contributed by atoms with Gasteiger partial charge >= 0.3 is 0 Å². The van der Waals surface area contributed by atoms with Crippen molar-refractivity contribution in [2.24, 2.45) is 10.9 Å². The maximum absolute atomic E-state index is 6.42. The van der Waals surface area contributed by atoms with Crippen molar-refractivity contribution < 1.29 is 0 Å². The van der Waals surface area contributed by atoms with Crippen molar-refractivity contribution >= 4 is 23.1 Å². The van der Waals surface area contributed by atoms with Crippen molar-refractivity contribution in [3.05, 3.63) is 28.8 Å². The first-order chi connectivity index (χ1) is 8.59. The summed E-state index contributed by atoms with van der Waals surface area (Å²) in [4.78, 5) is 7.44. The van der Waals surface area contributed by atoms with Crippen LogP contribution >= 0.6 is 11.6 Å². The number of benzene rings is 1. The van der Waals surface area contributed by atoms with Gasteiger partial charge in [-0.3, -0.25) is 0 Å². The van der Waals surface area contributed by atoms with E-state index in [-0.39, 0.29) is 5.54 Å². The molecule has 2 fully saturated rings. The molecule has 1 saturated heterocycles. The number of amidine groups is 1. The van der Waals surface area contributed by atoms with Gasteiger partial charge in [0.15, 0.2) is 0 Å². The highest BCUT2D eigenvalue weighted by Gasteiger charge is 2.51. The number of hydrogen-bond donors (Lipinski definition) is 0. The Morgan fingerprint density at radius 3 is 3.00 bits per heavy atom. The van der Waals surface area contributed by atoms with E-state index in [1.54, 1.807) is 0 Å². The van der Waals surface area contributed by atoms with Crippen molar-refractivity contribution in [2.75, 3.05) is 0 Å². The lowest BCUT2D eigenvalue weighted by Gasteiger charge is -2.47. The van der Waals surface area contributed by atoms with Crippen molar-refractivity contribution in [2.45, 2.75) is 44.7 Å². The summed E-state index contributed by atoms with van der Waals surface area (Å²) in [7, 11) is 0. The highest BCUT2D eigenvalue weighted by molar-refractivity contribution is 6.32. The molecule has 0 spiro atoms. The Hall–Kier alpha value is -1.02. The van der Waals surface area contributed by atoms with Gasteiger partial charge in [-0.05, 0) is 45.2 Å². The fourth-order valence-electron chi connectivity index (χ4n) is 4.15. The molecule has 2 bridgehead atoms. The van der Waals surface area contributed by atoms with Crippen molar-refractivity contribution in [1.82, 2.24) is 4.90 Å². The molecule has 0 radical (unpaired) electrons. The molecular formula is C15H17ClN2. The first-order valence-electron chi connectivity index (χ1n) is 6.76. The van der Waals surface area contributed by atoms with Crippen molar-refractivity contribution in [3.63, 3.8) is 0 Å². The highest BCUT2D eigenvalue weighted by atomic mass is 35.5. The summed E-state index contributed by atoms with van der Waals surface area (Å²) in [6.45, 7) is 4.57. The van der Waals surface area contributed by atoms with Gasteiger partial charge in [0.25, 0.3) is 0 Å². The average molecular weight is 261 g/mol. The Kier molecular flexibility index (Phi) is 1.99. The Morgan fingerprint density at radius 1 is 1.33 bits per heavy atom. The molecule has 1 aliphatic carbocycles. The van der Waals surface area contributed by atoms with Crippen LogP contribution in [0.2, 0.25) is 5.02 Å². The zero-order chi connectivity index (χ0) is 12.5. The normalized spacial score (nSPS) is 31.1. The summed E-state index contributed by atoms with van der Waals surface area (Å²) in [6.07, 6.45) is 3.91. The summed E-state index contributed by atoms with van der Waals surface area (Å²) in [5.74, 6) is 1.99. The molecule has 4 rings (SSSR count). The van der Waals surface area contributed by atoms with Gasteiger partial charge in [-0.1, -0.05) is 17.7 Å². The highest BCUT2D eigenvalue weighted by Crippen LogP contribution is 2.52. The number of nitrogens with zero attached hydrogens (tertiary/aromatic N) is 2. The van der Waals surface area contributed by atoms with E-state index >= 15 is 0 Å². The molecule has 0 aromatic heterocycles. The van der Waals surface area contributed by atoms with Gasteiger partial charge in [0.1, 0.15) is 5.84 Å². The average Bonchev–Trinajstić information content (AvgIpc) is 2.88. The molecule has 3 aliphatic rings. The van der Waals surface area contributed by atoms with Gasteiger partial charge in [-0.25, -0.2) is 4.99 Å². The summed E-state index contributed by atoms with van der Waals surface area (Å²) in [5, 5.41) is 0.850. The lowest BCUT2D eigenvalue weighted by molar-refractivity contribution is 0.164. The lowest BCUT2D eigenvalue weighted by Crippen LogP contribution is -2.51. The van der Waals surface area contributed by atoms with Gasteiger partial charge in [-0.2, -0.15) is 0 Å². The van der Waals surface area contributed by atoms with Crippen molar-refractivity contribution in [3.8, 4) is 0 Å². The fraction of sp³-hybridized carbons (Fsp3) is 0.533. The Morgan fingerprint density at radius 2 is 2.17 bits per heavy atom. The minimum atomic E-state index is -0.0232. The zero-order valence-electron chi connectivity index (χ0n) is 10.8. The first-order valence-corrected chi connectivity index (χ1v) is 7.14. The van der Waals surface area contributed by atoms with Crippen molar-refractivity contribution in [1.29, 1.82) is 0 Å². The van der Waals surface area contributed by atoms with Crippen LogP contribution in [0, 0.1) is 5.92 Å². The van der Waals surface area contributed by atoms with Crippen LogP contribution < -0.4 is 0 Å². The molecule has 3 heteroatoms. The molecule has 0 N–H and O–H groups in total. The molecule has 2 unspecified atom stereocenters. The number of piperidine rings is 1. The van der Waals surface area contributed by atoms with Crippen LogP contribution in [0.3, 0.4) is 0 Å². The predicted octanol–water partition coefficient (Wildman–Crippen LogP) is 4.10. The summed E-state index contributed by atoms with van der Waals surface area (Å²) < 4.78 is 0. The zero-order valence-corrected chi connectivity index (χ0v) is 11.5. The minimum Gasteiger partial charge on any atom is -0.347 e. The molecule has 0 amide bonds. The van der Waals surface area contributed by atoms with Crippen LogP contribution in [0.15, 0.2) is 23.2 Å². The topological polar surface area (TPSA) is 15.6 Å². The number of aliphatic imine (C=N–C) groups is 1. The van der Waals surface area contributed by atoms with E-state index in [9.17, 15) is 0 Å². The third-order valence-electron chi connectivity index (χ3n) is 4.82. The SMILES string of the molecule is CC1(C)c2c(Cl)cccc2N=C2C3CCC(C3)N21. The Balaban J connectivity index is 1.98. The van der Waals surface area contributed by atoms with Crippen LogP contribution in [-0.4, -0.2) is 16.8 Å². The second kappa shape index (κ2) is 3.30. The molecular weight excluding hydrogens is 244 g/mol. The quantitative estimate of drug-likeness (QED) is 0.686. The lowest BCUT2D eigenvalue weighted by atomic mass is 9.86. The first kappa shape index (κ1) is 10.9. The molecule has 94 valence electrons. The van der Waals surface area contributed by atoms with E-state index < -0.39 is 0 Å². The molecule has 2 atom stereocenters. The monoisotopic (exact) mass is 260 g/mol. The Bertz CT molecular complexity index is 562. The maximum Gasteiger partial charge on any atom is 0.109 e. The molecule has 18 heavy (non-hydrogen) atoms. The van der Waals surface area contributed by atoms with Gasteiger partial charge in [0, 0.05) is 22.5 Å². The largest absolute Gasteiger partial charge is 0.347 e. The Labute approximate surface area is 113 Å². The van der Waals surface area contributed by atoms with E-state index in [2.05, 4.69) is 24.8 Å². The number of rotatable bonds is 0. The van der Waals surface area contributed by atoms with Crippen LogP contribution in [0.25, 0.3) is 0 Å². The molecule has 2 heterocycles. The second-order valence-electron chi connectivity index (χ2n) is 6.20. The summed E-state index contributed by atoms with van der Waals surface area (Å²) in [6, 6.07) is 6.76. The summed E-state index contributed by atoms with van der Waals surface area (Å²) >= 11 is 6.42. The smallest absolute Gasteiger partial charge is 0.109 e. The van der Waals surface area contributed by atoms with Crippen LogP contribution in [0.1, 0.15) is 38.7 Å².